The first-order valence-corrected chi connectivity index (χ1v) is 11.0. The highest BCUT2D eigenvalue weighted by molar-refractivity contribution is 6.42. The number of rotatable bonds is 6. The summed E-state index contributed by atoms with van der Waals surface area (Å²) in [5, 5.41) is 13.0. The molecule has 1 atom stereocenters. The maximum absolute atomic E-state index is 13.1. The second kappa shape index (κ2) is 10.7. The summed E-state index contributed by atoms with van der Waals surface area (Å²) >= 11 is 12.1. The molecule has 2 aromatic rings. The third-order valence-electron chi connectivity index (χ3n) is 5.41. The van der Waals surface area contributed by atoms with E-state index in [0.29, 0.717) is 27.8 Å². The zero-order valence-corrected chi connectivity index (χ0v) is 19.2. The number of anilines is 1. The van der Waals surface area contributed by atoms with Crippen molar-refractivity contribution in [3.8, 4) is 6.07 Å². The second-order valence-electron chi connectivity index (χ2n) is 7.91. The number of nitrogens with one attached hydrogen (secondary N) is 1. The fourth-order valence-electron chi connectivity index (χ4n) is 3.68. The summed E-state index contributed by atoms with van der Waals surface area (Å²) in [7, 11) is 3.99. The van der Waals surface area contributed by atoms with Crippen molar-refractivity contribution in [2.75, 3.05) is 32.5 Å². The van der Waals surface area contributed by atoms with E-state index in [4.69, 9.17) is 28.5 Å². The molecule has 0 spiro atoms. The normalized spacial score (nSPS) is 15.9. The van der Waals surface area contributed by atoms with Crippen molar-refractivity contribution in [3.05, 3.63) is 69.7 Å². The Bertz CT molecular complexity index is 1010. The highest BCUT2D eigenvalue weighted by atomic mass is 35.5. The molecule has 0 radical (unpaired) electrons. The molecule has 1 aliphatic rings. The number of hydrogen-bond acceptors (Lipinski definition) is 3. The van der Waals surface area contributed by atoms with Crippen LogP contribution in [0, 0.1) is 11.3 Å². The Morgan fingerprint density at radius 3 is 2.61 bits per heavy atom. The molecule has 0 bridgehead atoms. The Morgan fingerprint density at radius 2 is 1.97 bits per heavy atom. The van der Waals surface area contributed by atoms with Crippen LogP contribution in [0.15, 0.2) is 48.5 Å². The minimum atomic E-state index is -0.145. The highest BCUT2D eigenvalue weighted by Crippen LogP contribution is 2.30. The lowest BCUT2D eigenvalue weighted by atomic mass is 9.89. The van der Waals surface area contributed by atoms with E-state index >= 15 is 0 Å². The third-order valence-corrected chi connectivity index (χ3v) is 6.15. The molecule has 7 heteroatoms. The van der Waals surface area contributed by atoms with Gasteiger partial charge in [0.1, 0.15) is 0 Å². The van der Waals surface area contributed by atoms with Crippen molar-refractivity contribution < 1.29 is 4.79 Å². The summed E-state index contributed by atoms with van der Waals surface area (Å²) in [6.45, 7) is 1.39. The van der Waals surface area contributed by atoms with E-state index in [9.17, 15) is 4.79 Å². The molecule has 0 saturated carbocycles. The summed E-state index contributed by atoms with van der Waals surface area (Å²) in [6, 6.07) is 14.9. The number of nitriles is 1. The Kier molecular flexibility index (Phi) is 7.97. The first-order valence-electron chi connectivity index (χ1n) is 10.2. The summed E-state index contributed by atoms with van der Waals surface area (Å²) < 4.78 is 0. The van der Waals surface area contributed by atoms with E-state index in [1.807, 2.05) is 43.3 Å². The third kappa shape index (κ3) is 6.24. The van der Waals surface area contributed by atoms with Gasteiger partial charge in [-0.05, 0) is 74.8 Å². The van der Waals surface area contributed by atoms with Crippen LogP contribution in [0.5, 0.6) is 0 Å². The number of urea groups is 1. The summed E-state index contributed by atoms with van der Waals surface area (Å²) in [5.41, 5.74) is 3.59. The Hall–Kier alpha value is -2.52. The van der Waals surface area contributed by atoms with Crippen molar-refractivity contribution in [1.29, 1.82) is 5.26 Å². The Labute approximate surface area is 193 Å². The van der Waals surface area contributed by atoms with Gasteiger partial charge in [-0.15, -0.1) is 0 Å². The van der Waals surface area contributed by atoms with Gasteiger partial charge in [0, 0.05) is 24.8 Å². The number of likely N-dealkylation sites (N-methyl/N-ethyl adjacent to an activating group) is 1. The molecular weight excluding hydrogens is 431 g/mol. The quantitative estimate of drug-likeness (QED) is 0.588. The van der Waals surface area contributed by atoms with Gasteiger partial charge in [0.15, 0.2) is 0 Å². The van der Waals surface area contributed by atoms with Crippen molar-refractivity contribution in [3.63, 3.8) is 0 Å². The molecule has 0 saturated heterocycles. The minimum Gasteiger partial charge on any atom is -0.320 e. The molecule has 0 heterocycles. The molecule has 1 unspecified atom stereocenters. The SMILES string of the molecule is CN(C)CCN(C(=O)Nc1ccc(Cl)c(Cl)c1)C1CC=C(c2cccc(C#N)c2)CC1. The molecule has 162 valence electrons. The van der Waals surface area contributed by atoms with Gasteiger partial charge in [-0.25, -0.2) is 4.79 Å². The van der Waals surface area contributed by atoms with Gasteiger partial charge in [0.25, 0.3) is 0 Å². The van der Waals surface area contributed by atoms with Gasteiger partial charge in [0.2, 0.25) is 0 Å². The van der Waals surface area contributed by atoms with E-state index in [-0.39, 0.29) is 12.1 Å². The fourth-order valence-corrected chi connectivity index (χ4v) is 3.98. The van der Waals surface area contributed by atoms with Crippen LogP contribution in [-0.4, -0.2) is 49.1 Å². The molecule has 0 aliphatic heterocycles. The molecule has 2 amide bonds. The number of amides is 2. The molecule has 2 aromatic carbocycles. The monoisotopic (exact) mass is 456 g/mol. The highest BCUT2D eigenvalue weighted by Gasteiger charge is 2.26. The van der Waals surface area contributed by atoms with E-state index in [2.05, 4.69) is 22.4 Å². The predicted molar refractivity (Wildman–Crippen MR) is 128 cm³/mol. The molecule has 1 N–H and O–H groups in total. The maximum Gasteiger partial charge on any atom is 0.322 e. The van der Waals surface area contributed by atoms with Gasteiger partial charge in [-0.1, -0.05) is 41.4 Å². The van der Waals surface area contributed by atoms with Crippen LogP contribution in [-0.2, 0) is 0 Å². The van der Waals surface area contributed by atoms with E-state index in [0.717, 1.165) is 31.4 Å². The van der Waals surface area contributed by atoms with Crippen molar-refractivity contribution in [1.82, 2.24) is 9.80 Å². The molecule has 31 heavy (non-hydrogen) atoms. The lowest BCUT2D eigenvalue weighted by Gasteiger charge is -2.35. The van der Waals surface area contributed by atoms with E-state index < -0.39 is 0 Å². The molecule has 5 nitrogen and oxygen atoms in total. The van der Waals surface area contributed by atoms with Crippen LogP contribution in [0.1, 0.15) is 30.4 Å². The fraction of sp³-hybridized carbons (Fsp3) is 0.333. The standard InChI is InChI=1S/C24H26Cl2N4O/c1-29(2)12-13-30(24(31)28-20-8-11-22(25)23(26)15-20)21-9-6-18(7-10-21)19-5-3-4-17(14-19)16-27/h3-6,8,11,14-15,21H,7,9-10,12-13H2,1-2H3,(H,28,31). The van der Waals surface area contributed by atoms with Crippen LogP contribution < -0.4 is 5.32 Å². The average molecular weight is 457 g/mol. The number of carbonyl (C=O) groups excluding carboxylic acids is 1. The maximum atomic E-state index is 13.1. The Balaban J connectivity index is 1.74. The first kappa shape index (κ1) is 23.1. The van der Waals surface area contributed by atoms with Crippen molar-refractivity contribution in [2.24, 2.45) is 0 Å². The van der Waals surface area contributed by atoms with Gasteiger partial charge >= 0.3 is 6.03 Å². The minimum absolute atomic E-state index is 0.102. The zero-order valence-electron chi connectivity index (χ0n) is 17.7. The summed E-state index contributed by atoms with van der Waals surface area (Å²) in [6.07, 6.45) is 4.69. The molecule has 0 aromatic heterocycles. The number of hydrogen-bond donors (Lipinski definition) is 1. The van der Waals surface area contributed by atoms with Crippen molar-refractivity contribution in [2.45, 2.75) is 25.3 Å². The van der Waals surface area contributed by atoms with Crippen LogP contribution >= 0.6 is 23.2 Å². The van der Waals surface area contributed by atoms with Gasteiger partial charge in [0.05, 0.1) is 21.7 Å². The molecule has 1 aliphatic carbocycles. The zero-order chi connectivity index (χ0) is 22.4. The Morgan fingerprint density at radius 1 is 1.16 bits per heavy atom. The number of carbonyl (C=O) groups is 1. The van der Waals surface area contributed by atoms with E-state index in [1.165, 1.54) is 5.57 Å². The van der Waals surface area contributed by atoms with Gasteiger partial charge in [-0.3, -0.25) is 0 Å². The molecule has 0 fully saturated rings. The van der Waals surface area contributed by atoms with Gasteiger partial charge in [-0.2, -0.15) is 5.26 Å². The van der Waals surface area contributed by atoms with E-state index in [1.54, 1.807) is 18.2 Å². The average Bonchev–Trinajstić information content (AvgIpc) is 2.76. The smallest absolute Gasteiger partial charge is 0.320 e. The van der Waals surface area contributed by atoms with Crippen LogP contribution in [0.25, 0.3) is 5.57 Å². The number of benzene rings is 2. The lowest BCUT2D eigenvalue weighted by Crippen LogP contribution is -2.46. The topological polar surface area (TPSA) is 59.4 Å². The lowest BCUT2D eigenvalue weighted by molar-refractivity contribution is 0.175. The first-order chi connectivity index (χ1) is 14.9. The van der Waals surface area contributed by atoms with Crippen molar-refractivity contribution >= 4 is 40.5 Å². The van der Waals surface area contributed by atoms with Crippen LogP contribution in [0.3, 0.4) is 0 Å². The summed E-state index contributed by atoms with van der Waals surface area (Å²) in [5.74, 6) is 0. The van der Waals surface area contributed by atoms with Gasteiger partial charge < -0.3 is 15.1 Å². The largest absolute Gasteiger partial charge is 0.322 e. The second-order valence-corrected chi connectivity index (χ2v) is 8.72. The number of halogens is 2. The molecule has 3 rings (SSSR count). The number of nitrogens with zero attached hydrogens (tertiary/aromatic N) is 3. The van der Waals surface area contributed by atoms with Crippen LogP contribution in [0.2, 0.25) is 10.0 Å². The summed E-state index contributed by atoms with van der Waals surface area (Å²) in [4.78, 5) is 17.1. The molecular formula is C24H26Cl2N4O. The van der Waals surface area contributed by atoms with Crippen LogP contribution in [0.4, 0.5) is 10.5 Å². The predicted octanol–water partition coefficient (Wildman–Crippen LogP) is 5.90. The number of allylic oxidation sites excluding steroid dienone is 1.